The van der Waals surface area contributed by atoms with Gasteiger partial charge in [0, 0.05) is 37.1 Å². The third-order valence-corrected chi connectivity index (χ3v) is 6.65. The summed E-state index contributed by atoms with van der Waals surface area (Å²) in [7, 11) is 1.64. The van der Waals surface area contributed by atoms with Crippen LogP contribution in [0.5, 0.6) is 11.5 Å². The minimum absolute atomic E-state index is 0.135. The van der Waals surface area contributed by atoms with Gasteiger partial charge in [0.15, 0.2) is 11.5 Å². The highest BCUT2D eigenvalue weighted by Crippen LogP contribution is 2.38. The number of benzene rings is 1. The molecule has 166 valence electrons. The Balaban J connectivity index is 1.55. The Morgan fingerprint density at radius 3 is 2.71 bits per heavy atom. The normalized spacial score (nSPS) is 15.0. The molecule has 1 aromatic heterocycles. The highest BCUT2D eigenvalue weighted by molar-refractivity contribution is 7.17. The van der Waals surface area contributed by atoms with Gasteiger partial charge >= 0.3 is 0 Å². The predicted octanol–water partition coefficient (Wildman–Crippen LogP) is 3.81. The van der Waals surface area contributed by atoms with Gasteiger partial charge in [-0.2, -0.15) is 0 Å². The number of carbonyl (C=O) groups excluding carboxylic acids is 2. The Bertz CT molecular complexity index is 956. The largest absolute Gasteiger partial charge is 0.490 e. The van der Waals surface area contributed by atoms with Crippen molar-refractivity contribution in [3.63, 3.8) is 0 Å². The van der Waals surface area contributed by atoms with Gasteiger partial charge in [0.05, 0.1) is 18.8 Å². The van der Waals surface area contributed by atoms with Crippen LogP contribution in [0.4, 0.5) is 5.00 Å². The van der Waals surface area contributed by atoms with E-state index in [1.807, 2.05) is 0 Å². The molecular weight excluding hydrogens is 416 g/mol. The average Bonchev–Trinajstić information content (AvgIpc) is 2.97. The molecule has 0 radical (unpaired) electrons. The van der Waals surface area contributed by atoms with Gasteiger partial charge in [0.1, 0.15) is 5.00 Å². The summed E-state index contributed by atoms with van der Waals surface area (Å²) in [6, 6.07) is 5.19. The van der Waals surface area contributed by atoms with Gasteiger partial charge in [-0.15, -0.1) is 11.3 Å². The summed E-state index contributed by atoms with van der Waals surface area (Å²) < 4.78 is 16.4. The zero-order chi connectivity index (χ0) is 21.6. The number of carbonyl (C=O) groups is 2. The minimum atomic E-state index is -0.261. The van der Waals surface area contributed by atoms with E-state index in [0.717, 1.165) is 44.1 Å². The van der Waals surface area contributed by atoms with Crippen molar-refractivity contribution in [1.29, 1.82) is 0 Å². The van der Waals surface area contributed by atoms with Crippen LogP contribution in [0.2, 0.25) is 0 Å². The van der Waals surface area contributed by atoms with Crippen LogP contribution < -0.4 is 20.1 Å². The summed E-state index contributed by atoms with van der Waals surface area (Å²) in [6.07, 6.45) is 5.53. The number of hydrogen-bond donors (Lipinski definition) is 2. The molecular formula is C23H28N2O5S. The first-order valence-corrected chi connectivity index (χ1v) is 11.6. The van der Waals surface area contributed by atoms with Gasteiger partial charge in [-0.25, -0.2) is 0 Å². The van der Waals surface area contributed by atoms with Crippen molar-refractivity contribution >= 4 is 28.2 Å². The molecule has 0 spiro atoms. The SMILES string of the molecule is COCCCNC(=O)c1c(NC(=O)c2ccc3c(c2)OCCCO3)sc2c1CCCC2. The quantitative estimate of drug-likeness (QED) is 0.635. The molecule has 0 atom stereocenters. The van der Waals surface area contributed by atoms with Crippen LogP contribution in [-0.4, -0.2) is 45.3 Å². The number of aryl methyl sites for hydroxylation is 1. The van der Waals surface area contributed by atoms with Crippen LogP contribution in [0.15, 0.2) is 18.2 Å². The number of rotatable bonds is 7. The van der Waals surface area contributed by atoms with Crippen molar-refractivity contribution in [2.45, 2.75) is 38.5 Å². The molecule has 0 saturated heterocycles. The molecule has 0 bridgehead atoms. The predicted molar refractivity (Wildman–Crippen MR) is 120 cm³/mol. The first kappa shape index (κ1) is 21.6. The Kier molecular flexibility index (Phi) is 7.09. The number of amides is 2. The number of methoxy groups -OCH3 is 1. The van der Waals surface area contributed by atoms with Crippen molar-refractivity contribution < 1.29 is 23.8 Å². The molecule has 2 heterocycles. The second-order valence-electron chi connectivity index (χ2n) is 7.68. The molecule has 2 aliphatic rings. The molecule has 0 fully saturated rings. The smallest absolute Gasteiger partial charge is 0.256 e. The number of nitrogens with one attached hydrogen (secondary N) is 2. The number of anilines is 1. The fourth-order valence-corrected chi connectivity index (χ4v) is 5.16. The van der Waals surface area contributed by atoms with E-state index in [4.69, 9.17) is 14.2 Å². The van der Waals surface area contributed by atoms with Crippen molar-refractivity contribution in [3.8, 4) is 11.5 Å². The summed E-state index contributed by atoms with van der Waals surface area (Å²) in [5, 5.41) is 6.58. The summed E-state index contributed by atoms with van der Waals surface area (Å²) in [4.78, 5) is 27.2. The lowest BCUT2D eigenvalue weighted by molar-refractivity contribution is 0.0948. The molecule has 31 heavy (non-hydrogen) atoms. The van der Waals surface area contributed by atoms with Gasteiger partial charge in [0.2, 0.25) is 0 Å². The topological polar surface area (TPSA) is 85.9 Å². The van der Waals surface area contributed by atoms with Crippen molar-refractivity contribution in [2.75, 3.05) is 38.8 Å². The molecule has 2 aromatic rings. The van der Waals surface area contributed by atoms with E-state index in [-0.39, 0.29) is 11.8 Å². The van der Waals surface area contributed by atoms with Gasteiger partial charge in [-0.1, -0.05) is 0 Å². The maximum Gasteiger partial charge on any atom is 0.256 e. The lowest BCUT2D eigenvalue weighted by atomic mass is 9.95. The van der Waals surface area contributed by atoms with Gasteiger partial charge < -0.3 is 24.8 Å². The highest BCUT2D eigenvalue weighted by Gasteiger charge is 2.26. The van der Waals surface area contributed by atoms with Crippen LogP contribution in [0.3, 0.4) is 0 Å². The van der Waals surface area contributed by atoms with E-state index in [9.17, 15) is 9.59 Å². The van der Waals surface area contributed by atoms with Crippen LogP contribution in [0.25, 0.3) is 0 Å². The summed E-state index contributed by atoms with van der Waals surface area (Å²) in [6.45, 7) is 2.29. The fourth-order valence-electron chi connectivity index (χ4n) is 3.88. The van der Waals surface area contributed by atoms with Crippen molar-refractivity contribution in [3.05, 3.63) is 39.8 Å². The van der Waals surface area contributed by atoms with E-state index in [2.05, 4.69) is 10.6 Å². The molecule has 1 aliphatic heterocycles. The Morgan fingerprint density at radius 1 is 1.06 bits per heavy atom. The maximum atomic E-state index is 13.0. The summed E-state index contributed by atoms with van der Waals surface area (Å²) >= 11 is 1.52. The van der Waals surface area contributed by atoms with E-state index in [1.54, 1.807) is 25.3 Å². The second-order valence-corrected chi connectivity index (χ2v) is 8.79. The Morgan fingerprint density at radius 2 is 1.87 bits per heavy atom. The molecule has 1 aromatic carbocycles. The lowest BCUT2D eigenvalue weighted by Gasteiger charge is -2.13. The second kappa shape index (κ2) is 10.2. The molecule has 7 nitrogen and oxygen atoms in total. The molecule has 8 heteroatoms. The van der Waals surface area contributed by atoms with E-state index in [1.165, 1.54) is 16.2 Å². The standard InChI is InChI=1S/C23H28N2O5S/c1-28-11-4-10-24-22(27)20-16-6-2-3-7-19(16)31-23(20)25-21(26)15-8-9-17-18(14-15)30-13-5-12-29-17/h8-9,14H,2-7,10-13H2,1H3,(H,24,27)(H,25,26). The number of hydrogen-bond acceptors (Lipinski definition) is 6. The fraction of sp³-hybridized carbons (Fsp3) is 0.478. The first-order chi connectivity index (χ1) is 15.2. The first-order valence-electron chi connectivity index (χ1n) is 10.8. The molecule has 1 aliphatic carbocycles. The lowest BCUT2D eigenvalue weighted by Crippen LogP contribution is -2.27. The number of thiophene rings is 1. The number of fused-ring (bicyclic) bond motifs is 2. The maximum absolute atomic E-state index is 13.0. The minimum Gasteiger partial charge on any atom is -0.490 e. The van der Waals surface area contributed by atoms with Crippen LogP contribution in [0.1, 0.15) is 56.8 Å². The van der Waals surface area contributed by atoms with Crippen molar-refractivity contribution in [2.24, 2.45) is 0 Å². The van der Waals surface area contributed by atoms with Gasteiger partial charge in [-0.3, -0.25) is 9.59 Å². The monoisotopic (exact) mass is 444 g/mol. The summed E-state index contributed by atoms with van der Waals surface area (Å²) in [5.74, 6) is 0.829. The zero-order valence-corrected chi connectivity index (χ0v) is 18.6. The molecule has 0 unspecified atom stereocenters. The van der Waals surface area contributed by atoms with Crippen LogP contribution in [0, 0.1) is 0 Å². The molecule has 2 amide bonds. The van der Waals surface area contributed by atoms with E-state index in [0.29, 0.717) is 54.0 Å². The average molecular weight is 445 g/mol. The third-order valence-electron chi connectivity index (χ3n) is 5.45. The van der Waals surface area contributed by atoms with Gasteiger partial charge in [-0.05, 0) is 55.9 Å². The molecule has 2 N–H and O–H groups in total. The van der Waals surface area contributed by atoms with E-state index >= 15 is 0 Å². The highest BCUT2D eigenvalue weighted by atomic mass is 32.1. The Labute approximate surface area is 186 Å². The number of ether oxygens (including phenoxy) is 3. The van der Waals surface area contributed by atoms with Crippen LogP contribution >= 0.6 is 11.3 Å². The van der Waals surface area contributed by atoms with Crippen LogP contribution in [-0.2, 0) is 17.6 Å². The van der Waals surface area contributed by atoms with Crippen molar-refractivity contribution in [1.82, 2.24) is 5.32 Å². The Hall–Kier alpha value is -2.58. The molecule has 4 rings (SSSR count). The summed E-state index contributed by atoms with van der Waals surface area (Å²) in [5.41, 5.74) is 2.16. The zero-order valence-electron chi connectivity index (χ0n) is 17.8. The van der Waals surface area contributed by atoms with E-state index < -0.39 is 0 Å². The van der Waals surface area contributed by atoms with Gasteiger partial charge in [0.25, 0.3) is 11.8 Å². The third kappa shape index (κ3) is 5.02. The molecule has 0 saturated carbocycles.